The predicted octanol–water partition coefficient (Wildman–Crippen LogP) is 4.06. The van der Waals surface area contributed by atoms with Crippen LogP contribution in [0.3, 0.4) is 0 Å². The third-order valence-corrected chi connectivity index (χ3v) is 5.29. The summed E-state index contributed by atoms with van der Waals surface area (Å²) in [5, 5.41) is 0. The first kappa shape index (κ1) is 19.7. The fourth-order valence-electron chi connectivity index (χ4n) is 3.71. The molecule has 27 heavy (non-hydrogen) atoms. The largest absolute Gasteiger partial charge is 0.497 e. The van der Waals surface area contributed by atoms with Crippen molar-refractivity contribution in [2.24, 2.45) is 0 Å². The number of piperidine rings is 1. The zero-order valence-corrected chi connectivity index (χ0v) is 16.8. The molecular weight excluding hydrogens is 344 g/mol. The van der Waals surface area contributed by atoms with Gasteiger partial charge in [-0.2, -0.15) is 0 Å². The highest BCUT2D eigenvalue weighted by atomic mass is 16.5. The lowest BCUT2D eigenvalue weighted by molar-refractivity contribution is 0.0961. The third-order valence-electron chi connectivity index (χ3n) is 5.29. The Morgan fingerprint density at radius 3 is 2.78 bits per heavy atom. The summed E-state index contributed by atoms with van der Waals surface area (Å²) < 4.78 is 22.1. The summed E-state index contributed by atoms with van der Waals surface area (Å²) in [7, 11) is 5.06. The lowest BCUT2D eigenvalue weighted by atomic mass is 9.99. The summed E-state index contributed by atoms with van der Waals surface area (Å²) in [6, 6.07) is 6.19. The second kappa shape index (κ2) is 9.24. The Balaban J connectivity index is 1.82. The number of methoxy groups -OCH3 is 3. The van der Waals surface area contributed by atoms with Crippen LogP contribution in [0, 0.1) is 6.92 Å². The van der Waals surface area contributed by atoms with E-state index in [1.807, 2.05) is 25.1 Å². The Bertz CT molecular complexity index is 744. The lowest BCUT2D eigenvalue weighted by Crippen LogP contribution is -2.39. The average Bonchev–Trinajstić information content (AvgIpc) is 3.07. The molecule has 1 aromatic carbocycles. The normalized spacial score (nSPS) is 17.9. The van der Waals surface area contributed by atoms with Gasteiger partial charge in [-0.25, -0.2) is 4.98 Å². The van der Waals surface area contributed by atoms with Gasteiger partial charge in [0.2, 0.25) is 5.89 Å². The van der Waals surface area contributed by atoms with E-state index in [4.69, 9.17) is 23.6 Å². The van der Waals surface area contributed by atoms with Gasteiger partial charge in [-0.15, -0.1) is 0 Å². The molecule has 2 heterocycles. The molecule has 0 spiro atoms. The Labute approximate surface area is 161 Å². The van der Waals surface area contributed by atoms with Crippen molar-refractivity contribution < 1.29 is 18.6 Å². The standard InChI is InChI=1S/C21H30N2O4/c1-15-19(14-23-11-6-5-7-16(23)10-12-24-2)22-21(27-15)18-13-17(25-3)8-9-20(18)26-4/h8-9,13,16H,5-7,10-12,14H2,1-4H3/t16-/m0/s1. The molecule has 0 saturated carbocycles. The quantitative estimate of drug-likeness (QED) is 0.695. The Morgan fingerprint density at radius 1 is 1.19 bits per heavy atom. The second-order valence-corrected chi connectivity index (χ2v) is 6.99. The number of nitrogens with zero attached hydrogens (tertiary/aromatic N) is 2. The Kier molecular flexibility index (Phi) is 6.74. The van der Waals surface area contributed by atoms with Crippen molar-refractivity contribution >= 4 is 0 Å². The molecule has 1 atom stereocenters. The highest BCUT2D eigenvalue weighted by Crippen LogP contribution is 2.34. The minimum atomic E-state index is 0.546. The maximum atomic E-state index is 6.00. The number of aromatic nitrogens is 1. The van der Waals surface area contributed by atoms with Crippen LogP contribution in [-0.2, 0) is 11.3 Å². The number of benzene rings is 1. The molecule has 2 aromatic rings. The molecule has 6 nitrogen and oxygen atoms in total. The molecule has 3 rings (SSSR count). The van der Waals surface area contributed by atoms with Crippen LogP contribution < -0.4 is 9.47 Å². The zero-order chi connectivity index (χ0) is 19.2. The summed E-state index contributed by atoms with van der Waals surface area (Å²) in [4.78, 5) is 7.31. The molecule has 148 valence electrons. The molecule has 0 unspecified atom stereocenters. The van der Waals surface area contributed by atoms with Crippen LogP contribution in [0.5, 0.6) is 11.5 Å². The van der Waals surface area contributed by atoms with E-state index in [9.17, 15) is 0 Å². The van der Waals surface area contributed by atoms with Gasteiger partial charge in [0.05, 0.1) is 25.5 Å². The van der Waals surface area contributed by atoms with Gasteiger partial charge in [0.1, 0.15) is 17.3 Å². The summed E-state index contributed by atoms with van der Waals surface area (Å²) in [5.41, 5.74) is 1.79. The topological polar surface area (TPSA) is 57.0 Å². The molecule has 1 aromatic heterocycles. The molecule has 1 fully saturated rings. The molecule has 0 N–H and O–H groups in total. The summed E-state index contributed by atoms with van der Waals surface area (Å²) in [6.07, 6.45) is 4.80. The second-order valence-electron chi connectivity index (χ2n) is 6.99. The Hall–Kier alpha value is -2.05. The number of rotatable bonds is 8. The van der Waals surface area contributed by atoms with Crippen molar-refractivity contribution in [2.75, 3.05) is 34.5 Å². The van der Waals surface area contributed by atoms with E-state index in [0.717, 1.165) is 54.6 Å². The molecule has 0 bridgehead atoms. The van der Waals surface area contributed by atoms with Crippen LogP contribution in [0.2, 0.25) is 0 Å². The van der Waals surface area contributed by atoms with E-state index >= 15 is 0 Å². The maximum Gasteiger partial charge on any atom is 0.230 e. The lowest BCUT2D eigenvalue weighted by Gasteiger charge is -2.35. The van der Waals surface area contributed by atoms with Crippen LogP contribution in [0.1, 0.15) is 37.1 Å². The van der Waals surface area contributed by atoms with E-state index in [1.165, 1.54) is 19.3 Å². The Morgan fingerprint density at radius 2 is 2.04 bits per heavy atom. The fourth-order valence-corrected chi connectivity index (χ4v) is 3.71. The monoisotopic (exact) mass is 374 g/mol. The predicted molar refractivity (Wildman–Crippen MR) is 104 cm³/mol. The molecule has 1 saturated heterocycles. The van der Waals surface area contributed by atoms with Crippen molar-refractivity contribution in [3.8, 4) is 23.0 Å². The fraction of sp³-hybridized carbons (Fsp3) is 0.571. The SMILES string of the molecule is COCC[C@@H]1CCCCN1Cc1nc(-c2cc(OC)ccc2OC)oc1C. The van der Waals surface area contributed by atoms with Crippen molar-refractivity contribution in [1.29, 1.82) is 0 Å². The number of oxazole rings is 1. The molecule has 0 radical (unpaired) electrons. The first-order valence-electron chi connectivity index (χ1n) is 9.58. The number of hydrogen-bond donors (Lipinski definition) is 0. The van der Waals surface area contributed by atoms with Crippen LogP contribution in [-0.4, -0.2) is 50.4 Å². The van der Waals surface area contributed by atoms with Gasteiger partial charge in [-0.1, -0.05) is 6.42 Å². The third kappa shape index (κ3) is 4.62. The number of likely N-dealkylation sites (tertiary alicyclic amines) is 1. The highest BCUT2D eigenvalue weighted by molar-refractivity contribution is 5.65. The van der Waals surface area contributed by atoms with Gasteiger partial charge in [-0.3, -0.25) is 4.90 Å². The summed E-state index contributed by atoms with van der Waals surface area (Å²) >= 11 is 0. The van der Waals surface area contributed by atoms with Crippen LogP contribution in [0.25, 0.3) is 11.5 Å². The van der Waals surface area contributed by atoms with Crippen molar-refractivity contribution in [2.45, 2.75) is 45.2 Å². The number of ether oxygens (including phenoxy) is 3. The van der Waals surface area contributed by atoms with Crippen LogP contribution in [0.4, 0.5) is 0 Å². The van der Waals surface area contributed by atoms with Gasteiger partial charge in [-0.05, 0) is 50.9 Å². The van der Waals surface area contributed by atoms with Gasteiger partial charge in [0, 0.05) is 26.3 Å². The van der Waals surface area contributed by atoms with Crippen LogP contribution in [0.15, 0.2) is 22.6 Å². The molecule has 1 aliphatic heterocycles. The van der Waals surface area contributed by atoms with E-state index < -0.39 is 0 Å². The van der Waals surface area contributed by atoms with Gasteiger partial charge < -0.3 is 18.6 Å². The highest BCUT2D eigenvalue weighted by Gasteiger charge is 2.25. The smallest absolute Gasteiger partial charge is 0.230 e. The van der Waals surface area contributed by atoms with E-state index in [2.05, 4.69) is 4.90 Å². The minimum absolute atomic E-state index is 0.546. The van der Waals surface area contributed by atoms with Gasteiger partial charge in [0.15, 0.2) is 0 Å². The average molecular weight is 374 g/mol. The van der Waals surface area contributed by atoms with Crippen molar-refractivity contribution in [3.05, 3.63) is 29.7 Å². The summed E-state index contributed by atoms with van der Waals surface area (Å²) in [6.45, 7) is 4.67. The number of aryl methyl sites for hydroxylation is 1. The molecule has 1 aliphatic rings. The first-order valence-corrected chi connectivity index (χ1v) is 9.58. The van der Waals surface area contributed by atoms with E-state index in [-0.39, 0.29) is 0 Å². The minimum Gasteiger partial charge on any atom is -0.497 e. The first-order chi connectivity index (χ1) is 13.2. The van der Waals surface area contributed by atoms with Gasteiger partial charge in [0.25, 0.3) is 0 Å². The van der Waals surface area contributed by atoms with Gasteiger partial charge >= 0.3 is 0 Å². The zero-order valence-electron chi connectivity index (χ0n) is 16.8. The summed E-state index contributed by atoms with van der Waals surface area (Å²) in [5.74, 6) is 2.90. The number of hydrogen-bond acceptors (Lipinski definition) is 6. The molecule has 6 heteroatoms. The molecular formula is C21H30N2O4. The molecule has 0 amide bonds. The van der Waals surface area contributed by atoms with Crippen molar-refractivity contribution in [1.82, 2.24) is 9.88 Å². The molecule has 0 aliphatic carbocycles. The maximum absolute atomic E-state index is 6.00. The van der Waals surface area contributed by atoms with E-state index in [1.54, 1.807) is 21.3 Å². The van der Waals surface area contributed by atoms with Crippen molar-refractivity contribution in [3.63, 3.8) is 0 Å². The van der Waals surface area contributed by atoms with E-state index in [0.29, 0.717) is 11.9 Å². The van der Waals surface area contributed by atoms with Crippen LogP contribution >= 0.6 is 0 Å².